The van der Waals surface area contributed by atoms with Crippen LogP contribution in [-0.2, 0) is 6.42 Å². The number of aromatic nitrogens is 2. The third-order valence-corrected chi connectivity index (χ3v) is 3.40. The molecule has 0 amide bonds. The molecule has 1 aromatic heterocycles. The smallest absolute Gasteiger partial charge is 0.132 e. The molecule has 0 spiro atoms. The van der Waals surface area contributed by atoms with E-state index in [-0.39, 0.29) is 6.10 Å². The van der Waals surface area contributed by atoms with Crippen molar-refractivity contribution in [3.8, 4) is 0 Å². The van der Waals surface area contributed by atoms with E-state index in [0.717, 1.165) is 48.5 Å². The first-order valence-electron chi connectivity index (χ1n) is 6.12. The fourth-order valence-electron chi connectivity index (χ4n) is 2.01. The molecule has 1 aliphatic carbocycles. The number of nitrogens with one attached hydrogen (secondary N) is 1. The van der Waals surface area contributed by atoms with Gasteiger partial charge in [-0.2, -0.15) is 0 Å². The third kappa shape index (κ3) is 3.64. The molecule has 17 heavy (non-hydrogen) atoms. The van der Waals surface area contributed by atoms with Crippen LogP contribution < -0.4 is 5.32 Å². The van der Waals surface area contributed by atoms with E-state index in [1.165, 1.54) is 0 Å². The zero-order chi connectivity index (χ0) is 12.3. The second-order valence-corrected chi connectivity index (χ2v) is 5.43. The van der Waals surface area contributed by atoms with E-state index in [0.29, 0.717) is 5.92 Å². The van der Waals surface area contributed by atoms with Gasteiger partial charge >= 0.3 is 0 Å². The normalized spacial score (nSPS) is 23.2. The maximum atomic E-state index is 9.21. The average Bonchev–Trinajstić information content (AvgIpc) is 2.22. The highest BCUT2D eigenvalue weighted by atomic mass is 79.9. The molecular formula is C12H18BrN3O. The van der Waals surface area contributed by atoms with E-state index in [9.17, 15) is 5.11 Å². The minimum absolute atomic E-state index is 0.0883. The summed E-state index contributed by atoms with van der Waals surface area (Å²) in [7, 11) is 0. The first-order valence-corrected chi connectivity index (χ1v) is 6.92. The first kappa shape index (κ1) is 12.8. The van der Waals surface area contributed by atoms with Crippen molar-refractivity contribution in [3.05, 3.63) is 16.5 Å². The minimum Gasteiger partial charge on any atom is -0.393 e. The van der Waals surface area contributed by atoms with Gasteiger partial charge in [0.2, 0.25) is 0 Å². The van der Waals surface area contributed by atoms with Crippen molar-refractivity contribution in [2.45, 2.75) is 38.7 Å². The van der Waals surface area contributed by atoms with Crippen molar-refractivity contribution >= 4 is 21.7 Å². The second-order valence-electron chi connectivity index (χ2n) is 4.61. The standard InChI is InChI=1S/C12H18BrN3O/c1-2-3-11-15-10(13)6-12(16-11)14-7-8-4-9(17)5-8/h6,8-9,17H,2-5,7H2,1H3,(H,14,15,16). The summed E-state index contributed by atoms with van der Waals surface area (Å²) >= 11 is 3.40. The van der Waals surface area contributed by atoms with Crippen LogP contribution in [-0.4, -0.2) is 27.7 Å². The molecular weight excluding hydrogens is 282 g/mol. The summed E-state index contributed by atoms with van der Waals surface area (Å²) in [5, 5.41) is 12.5. The zero-order valence-electron chi connectivity index (χ0n) is 9.99. The van der Waals surface area contributed by atoms with Crippen LogP contribution in [0.4, 0.5) is 5.82 Å². The number of anilines is 1. The molecule has 0 aromatic carbocycles. The van der Waals surface area contributed by atoms with E-state index in [1.54, 1.807) is 0 Å². The van der Waals surface area contributed by atoms with Crippen LogP contribution in [0, 0.1) is 5.92 Å². The largest absolute Gasteiger partial charge is 0.393 e. The lowest BCUT2D eigenvalue weighted by Crippen LogP contribution is -2.33. The molecule has 1 fully saturated rings. The molecule has 1 aromatic rings. The van der Waals surface area contributed by atoms with E-state index < -0.39 is 0 Å². The average molecular weight is 300 g/mol. The summed E-state index contributed by atoms with van der Waals surface area (Å²) < 4.78 is 0.826. The van der Waals surface area contributed by atoms with Gasteiger partial charge in [-0.3, -0.25) is 0 Å². The Balaban J connectivity index is 1.90. The lowest BCUT2D eigenvalue weighted by molar-refractivity contribution is 0.0486. The Labute approximate surface area is 110 Å². The van der Waals surface area contributed by atoms with Crippen LogP contribution >= 0.6 is 15.9 Å². The molecule has 0 radical (unpaired) electrons. The van der Waals surface area contributed by atoms with Crippen LogP contribution in [0.5, 0.6) is 0 Å². The van der Waals surface area contributed by atoms with Crippen LogP contribution in [0.25, 0.3) is 0 Å². The molecule has 1 heterocycles. The topological polar surface area (TPSA) is 58.0 Å². The number of aliphatic hydroxyl groups is 1. The zero-order valence-corrected chi connectivity index (χ0v) is 11.6. The molecule has 2 N–H and O–H groups in total. The SMILES string of the molecule is CCCc1nc(Br)cc(NCC2CC(O)C2)n1. The highest BCUT2D eigenvalue weighted by molar-refractivity contribution is 9.10. The Kier molecular flexibility index (Phi) is 4.34. The number of hydrogen-bond acceptors (Lipinski definition) is 4. The lowest BCUT2D eigenvalue weighted by Gasteiger charge is -2.31. The van der Waals surface area contributed by atoms with Gasteiger partial charge in [0, 0.05) is 19.0 Å². The van der Waals surface area contributed by atoms with Gasteiger partial charge in [0.05, 0.1) is 6.10 Å². The first-order chi connectivity index (χ1) is 8.17. The van der Waals surface area contributed by atoms with Gasteiger partial charge in [0.1, 0.15) is 16.2 Å². The van der Waals surface area contributed by atoms with Gasteiger partial charge in [-0.15, -0.1) is 0 Å². The summed E-state index contributed by atoms with van der Waals surface area (Å²) in [5.41, 5.74) is 0. The van der Waals surface area contributed by atoms with Gasteiger partial charge < -0.3 is 10.4 Å². The number of rotatable bonds is 5. The van der Waals surface area contributed by atoms with Crippen molar-refractivity contribution in [3.63, 3.8) is 0 Å². The second kappa shape index (κ2) is 5.78. The van der Waals surface area contributed by atoms with Gasteiger partial charge in [-0.05, 0) is 41.1 Å². The van der Waals surface area contributed by atoms with Crippen LogP contribution in [0.2, 0.25) is 0 Å². The van der Waals surface area contributed by atoms with Gasteiger partial charge in [0.15, 0.2) is 0 Å². The minimum atomic E-state index is -0.0883. The number of aryl methyl sites for hydroxylation is 1. The maximum absolute atomic E-state index is 9.21. The van der Waals surface area contributed by atoms with Crippen molar-refractivity contribution in [2.75, 3.05) is 11.9 Å². The Morgan fingerprint density at radius 2 is 2.24 bits per heavy atom. The Bertz CT molecular complexity index is 380. The van der Waals surface area contributed by atoms with Crippen molar-refractivity contribution in [1.29, 1.82) is 0 Å². The van der Waals surface area contributed by atoms with Crippen molar-refractivity contribution < 1.29 is 5.11 Å². The molecule has 4 nitrogen and oxygen atoms in total. The monoisotopic (exact) mass is 299 g/mol. The van der Waals surface area contributed by atoms with E-state index in [1.807, 2.05) is 6.07 Å². The van der Waals surface area contributed by atoms with Gasteiger partial charge in [-0.1, -0.05) is 6.92 Å². The van der Waals surface area contributed by atoms with Crippen molar-refractivity contribution in [1.82, 2.24) is 9.97 Å². The molecule has 1 aliphatic rings. The third-order valence-electron chi connectivity index (χ3n) is 3.00. The predicted molar refractivity (Wildman–Crippen MR) is 70.9 cm³/mol. The van der Waals surface area contributed by atoms with Crippen LogP contribution in [0.3, 0.4) is 0 Å². The van der Waals surface area contributed by atoms with Crippen LogP contribution in [0.1, 0.15) is 32.0 Å². The summed E-state index contributed by atoms with van der Waals surface area (Å²) in [5.74, 6) is 2.32. The molecule has 5 heteroatoms. The van der Waals surface area contributed by atoms with Gasteiger partial charge in [-0.25, -0.2) is 9.97 Å². The molecule has 0 aliphatic heterocycles. The van der Waals surface area contributed by atoms with E-state index >= 15 is 0 Å². The predicted octanol–water partition coefficient (Wildman–Crippen LogP) is 2.37. The Morgan fingerprint density at radius 3 is 2.88 bits per heavy atom. The maximum Gasteiger partial charge on any atom is 0.132 e. The summed E-state index contributed by atoms with van der Waals surface area (Å²) in [6, 6.07) is 1.90. The fraction of sp³-hybridized carbons (Fsp3) is 0.667. The molecule has 0 bridgehead atoms. The van der Waals surface area contributed by atoms with Crippen LogP contribution in [0.15, 0.2) is 10.7 Å². The van der Waals surface area contributed by atoms with Crippen molar-refractivity contribution in [2.24, 2.45) is 5.92 Å². The molecule has 2 rings (SSSR count). The molecule has 0 atom stereocenters. The highest BCUT2D eigenvalue weighted by Gasteiger charge is 2.26. The summed E-state index contributed by atoms with van der Waals surface area (Å²) in [4.78, 5) is 8.78. The number of nitrogens with zero attached hydrogens (tertiary/aromatic N) is 2. The fourth-order valence-corrected chi connectivity index (χ4v) is 2.43. The summed E-state index contributed by atoms with van der Waals surface area (Å²) in [6.07, 6.45) is 3.66. The van der Waals surface area contributed by atoms with E-state index in [4.69, 9.17) is 0 Å². The quantitative estimate of drug-likeness (QED) is 0.820. The van der Waals surface area contributed by atoms with Gasteiger partial charge in [0.25, 0.3) is 0 Å². The Hall–Kier alpha value is -0.680. The molecule has 0 saturated heterocycles. The molecule has 1 saturated carbocycles. The molecule has 0 unspecified atom stereocenters. The number of hydrogen-bond donors (Lipinski definition) is 2. The Morgan fingerprint density at radius 1 is 1.47 bits per heavy atom. The summed E-state index contributed by atoms with van der Waals surface area (Å²) in [6.45, 7) is 3.00. The van der Waals surface area contributed by atoms with E-state index in [2.05, 4.69) is 38.1 Å². The molecule has 94 valence electrons. The highest BCUT2D eigenvalue weighted by Crippen LogP contribution is 2.27. The number of halogens is 1. The lowest BCUT2D eigenvalue weighted by atomic mass is 9.82. The number of aliphatic hydroxyl groups excluding tert-OH is 1.